The number of piperidine rings is 1. The van der Waals surface area contributed by atoms with Crippen molar-refractivity contribution in [3.8, 4) is 11.3 Å². The largest absolute Gasteiger partial charge is 0.366 e. The lowest BCUT2D eigenvalue weighted by molar-refractivity contribution is -0.120. The average Bonchev–Trinajstić information content (AvgIpc) is 2.80. The smallest absolute Gasteiger partial charge is 0.248 e. The number of nitrogens with two attached hydrogens (primary N) is 1. The van der Waals surface area contributed by atoms with E-state index in [1.807, 2.05) is 36.4 Å². The molecule has 0 spiro atoms. The Kier molecular flexibility index (Phi) is 6.13. The lowest BCUT2D eigenvalue weighted by atomic mass is 9.97. The maximum atomic E-state index is 12.8. The quantitative estimate of drug-likeness (QED) is 0.635. The highest BCUT2D eigenvalue weighted by Crippen LogP contribution is 2.25. The molecule has 3 aromatic rings. The first-order chi connectivity index (χ1) is 15.0. The minimum atomic E-state index is -0.496. The van der Waals surface area contributed by atoms with Gasteiger partial charge < -0.3 is 16.0 Å². The van der Waals surface area contributed by atoms with Crippen LogP contribution in [0.3, 0.4) is 0 Å². The molecule has 8 heteroatoms. The zero-order valence-electron chi connectivity index (χ0n) is 16.8. The summed E-state index contributed by atoms with van der Waals surface area (Å²) in [5.74, 6) is 0.0367. The molecule has 0 bridgehead atoms. The molecule has 2 aromatic carbocycles. The minimum Gasteiger partial charge on any atom is -0.366 e. The number of hydrogen-bond acceptors (Lipinski definition) is 5. The van der Waals surface area contributed by atoms with Gasteiger partial charge in [-0.15, -0.1) is 10.2 Å². The highest BCUT2D eigenvalue weighted by molar-refractivity contribution is 6.30. The van der Waals surface area contributed by atoms with E-state index in [2.05, 4.69) is 20.4 Å². The fraction of sp³-hybridized carbons (Fsp3) is 0.217. The van der Waals surface area contributed by atoms with Gasteiger partial charge in [0.1, 0.15) is 0 Å². The van der Waals surface area contributed by atoms with Crippen molar-refractivity contribution < 1.29 is 9.59 Å². The second-order valence-electron chi connectivity index (χ2n) is 7.50. The fourth-order valence-electron chi connectivity index (χ4n) is 3.63. The number of hydrogen-bond donors (Lipinski definition) is 2. The molecule has 1 saturated heterocycles. The molecule has 1 fully saturated rings. The maximum Gasteiger partial charge on any atom is 0.248 e. The molecule has 0 radical (unpaired) electrons. The normalized spacial score (nSPS) is 16.0. The summed E-state index contributed by atoms with van der Waals surface area (Å²) in [5, 5.41) is 12.3. The van der Waals surface area contributed by atoms with Gasteiger partial charge in [0, 0.05) is 34.9 Å². The Morgan fingerprint density at radius 2 is 1.74 bits per heavy atom. The molecule has 1 aromatic heterocycles. The summed E-state index contributed by atoms with van der Waals surface area (Å²) in [6.07, 6.45) is 1.69. The molecular weight excluding hydrogens is 414 g/mol. The van der Waals surface area contributed by atoms with Gasteiger partial charge in [0.25, 0.3) is 0 Å². The predicted molar refractivity (Wildman–Crippen MR) is 121 cm³/mol. The first-order valence-corrected chi connectivity index (χ1v) is 10.4. The third-order valence-corrected chi connectivity index (χ3v) is 5.60. The molecule has 1 aliphatic rings. The van der Waals surface area contributed by atoms with Gasteiger partial charge in [0.05, 0.1) is 11.6 Å². The van der Waals surface area contributed by atoms with Crippen LogP contribution in [0.4, 0.5) is 11.5 Å². The van der Waals surface area contributed by atoms with Gasteiger partial charge >= 0.3 is 0 Å². The van der Waals surface area contributed by atoms with Crippen molar-refractivity contribution in [1.82, 2.24) is 10.2 Å². The minimum absolute atomic E-state index is 0.0535. The third-order valence-electron chi connectivity index (χ3n) is 5.34. The van der Waals surface area contributed by atoms with E-state index in [4.69, 9.17) is 17.3 Å². The molecule has 3 N–H and O–H groups in total. The van der Waals surface area contributed by atoms with Crippen molar-refractivity contribution >= 4 is 34.9 Å². The topological polar surface area (TPSA) is 101 Å². The molecule has 7 nitrogen and oxygen atoms in total. The Bertz CT molecular complexity index is 1070. The zero-order chi connectivity index (χ0) is 21.8. The summed E-state index contributed by atoms with van der Waals surface area (Å²) in [4.78, 5) is 26.0. The van der Waals surface area contributed by atoms with Crippen LogP contribution in [0, 0.1) is 5.92 Å². The highest BCUT2D eigenvalue weighted by atomic mass is 35.5. The number of carbonyl (C=O) groups is 2. The second kappa shape index (κ2) is 9.14. The Hall–Kier alpha value is -3.45. The molecule has 2 heterocycles. The number of primary amides is 1. The highest BCUT2D eigenvalue weighted by Gasteiger charge is 2.27. The summed E-state index contributed by atoms with van der Waals surface area (Å²) in [6, 6.07) is 17.9. The molecular formula is C23H22ClN5O2. The first kappa shape index (κ1) is 20.8. The van der Waals surface area contributed by atoms with Crippen LogP contribution in [0.5, 0.6) is 0 Å². The van der Waals surface area contributed by atoms with Crippen molar-refractivity contribution in [2.45, 2.75) is 12.8 Å². The van der Waals surface area contributed by atoms with Gasteiger partial charge in [-0.2, -0.15) is 0 Å². The van der Waals surface area contributed by atoms with Crippen LogP contribution >= 0.6 is 11.6 Å². The van der Waals surface area contributed by atoms with Crippen LogP contribution in [0.15, 0.2) is 60.7 Å². The lowest BCUT2D eigenvalue weighted by Gasteiger charge is -2.32. The molecule has 1 aliphatic heterocycles. The molecule has 4 rings (SSSR count). The number of benzene rings is 2. The van der Waals surface area contributed by atoms with Crippen LogP contribution in [0.2, 0.25) is 5.02 Å². The van der Waals surface area contributed by atoms with Crippen molar-refractivity contribution in [2.75, 3.05) is 23.3 Å². The van der Waals surface area contributed by atoms with Crippen molar-refractivity contribution in [1.29, 1.82) is 0 Å². The summed E-state index contributed by atoms with van der Waals surface area (Å²) in [6.45, 7) is 1.40. The van der Waals surface area contributed by atoms with Crippen molar-refractivity contribution in [3.63, 3.8) is 0 Å². The number of nitrogens with zero attached hydrogens (tertiary/aromatic N) is 3. The van der Waals surface area contributed by atoms with Crippen LogP contribution in [-0.4, -0.2) is 35.1 Å². The number of amides is 2. The van der Waals surface area contributed by atoms with E-state index in [-0.39, 0.29) is 11.8 Å². The number of anilines is 2. The van der Waals surface area contributed by atoms with E-state index in [1.165, 1.54) is 0 Å². The van der Waals surface area contributed by atoms with Crippen molar-refractivity contribution in [2.24, 2.45) is 11.7 Å². The Morgan fingerprint density at radius 1 is 1.00 bits per heavy atom. The van der Waals surface area contributed by atoms with Crippen molar-refractivity contribution in [3.05, 3.63) is 71.2 Å². The summed E-state index contributed by atoms with van der Waals surface area (Å²) in [7, 11) is 0. The van der Waals surface area contributed by atoms with E-state index < -0.39 is 5.91 Å². The monoisotopic (exact) mass is 435 g/mol. The Balaban J connectivity index is 1.40. The average molecular weight is 436 g/mol. The van der Waals surface area contributed by atoms with Crippen LogP contribution in [0.1, 0.15) is 23.2 Å². The van der Waals surface area contributed by atoms with E-state index in [0.29, 0.717) is 22.8 Å². The number of halogens is 1. The van der Waals surface area contributed by atoms with Gasteiger partial charge in [-0.05, 0) is 61.4 Å². The van der Waals surface area contributed by atoms with E-state index in [0.717, 1.165) is 36.5 Å². The van der Waals surface area contributed by atoms with Gasteiger partial charge in [-0.1, -0.05) is 23.7 Å². The SMILES string of the molecule is NC(=O)c1ccc(NC(=O)[C@H]2CCCN(c3ccc(-c4ccc(Cl)cc4)nn3)C2)cc1. The van der Waals surface area contributed by atoms with Gasteiger partial charge in [0.2, 0.25) is 11.8 Å². The third kappa shape index (κ3) is 5.00. The predicted octanol–water partition coefficient (Wildman–Crippen LogP) is 3.75. The maximum absolute atomic E-state index is 12.8. The fourth-order valence-corrected chi connectivity index (χ4v) is 3.76. The lowest BCUT2D eigenvalue weighted by Crippen LogP contribution is -2.41. The molecule has 158 valence electrons. The Morgan fingerprint density at radius 3 is 2.39 bits per heavy atom. The summed E-state index contributed by atoms with van der Waals surface area (Å²) in [5.41, 5.74) is 8.01. The number of aromatic nitrogens is 2. The number of carbonyl (C=O) groups excluding carboxylic acids is 2. The first-order valence-electron chi connectivity index (χ1n) is 10.0. The van der Waals surface area contributed by atoms with Gasteiger partial charge in [-0.25, -0.2) is 0 Å². The van der Waals surface area contributed by atoms with Crippen LogP contribution in [0.25, 0.3) is 11.3 Å². The van der Waals surface area contributed by atoms with Crippen LogP contribution in [-0.2, 0) is 4.79 Å². The molecule has 0 saturated carbocycles. The molecule has 0 unspecified atom stereocenters. The molecule has 2 amide bonds. The summed E-state index contributed by atoms with van der Waals surface area (Å²) >= 11 is 5.94. The van der Waals surface area contributed by atoms with Gasteiger partial charge in [-0.3, -0.25) is 9.59 Å². The number of rotatable bonds is 5. The summed E-state index contributed by atoms with van der Waals surface area (Å²) < 4.78 is 0. The standard InChI is InChI=1S/C23H22ClN5O2/c24-18-7-3-15(4-8-18)20-11-12-21(28-27-20)29-13-1-2-17(14-29)23(31)26-19-9-5-16(6-10-19)22(25)30/h3-12,17H,1-2,13-14H2,(H2,25,30)(H,26,31)/t17-/m0/s1. The molecule has 31 heavy (non-hydrogen) atoms. The molecule has 0 aliphatic carbocycles. The van der Waals surface area contributed by atoms with E-state index >= 15 is 0 Å². The van der Waals surface area contributed by atoms with E-state index in [1.54, 1.807) is 24.3 Å². The Labute approximate surface area is 185 Å². The zero-order valence-corrected chi connectivity index (χ0v) is 17.5. The second-order valence-corrected chi connectivity index (χ2v) is 7.94. The van der Waals surface area contributed by atoms with E-state index in [9.17, 15) is 9.59 Å². The molecule has 1 atom stereocenters. The van der Waals surface area contributed by atoms with Gasteiger partial charge in [0.15, 0.2) is 5.82 Å². The van der Waals surface area contributed by atoms with Crippen LogP contribution < -0.4 is 16.0 Å². The number of nitrogens with one attached hydrogen (secondary N) is 1.